The number of rotatable bonds is 14. The van der Waals surface area contributed by atoms with Crippen LogP contribution in [0.5, 0.6) is 11.5 Å². The number of nitrogens with one attached hydrogen (secondary N) is 3. The number of aryl methyl sites for hydroxylation is 1. The molecule has 0 radical (unpaired) electrons. The Morgan fingerprint density at radius 3 is 2.23 bits per heavy atom. The number of methoxy groups -OCH3 is 1. The number of ether oxygens (including phenoxy) is 3. The van der Waals surface area contributed by atoms with Crippen molar-refractivity contribution >= 4 is 44.7 Å². The maximum Gasteiger partial charge on any atom is 0.408 e. The highest BCUT2D eigenvalue weighted by Crippen LogP contribution is 2.35. The van der Waals surface area contributed by atoms with E-state index in [1.54, 1.807) is 92.0 Å². The molecule has 1 saturated heterocycles. The van der Waals surface area contributed by atoms with Crippen LogP contribution in [0.4, 0.5) is 4.79 Å². The molecule has 61 heavy (non-hydrogen) atoms. The van der Waals surface area contributed by atoms with Crippen LogP contribution in [0, 0.1) is 12.3 Å². The van der Waals surface area contributed by atoms with Gasteiger partial charge in [-0.1, -0.05) is 74.9 Å². The van der Waals surface area contributed by atoms with Gasteiger partial charge in [0.25, 0.3) is 15.9 Å². The first-order chi connectivity index (χ1) is 28.5. The molecule has 4 amide bonds. The monoisotopic (exact) mass is 855 g/mol. The predicted octanol–water partition coefficient (Wildman–Crippen LogP) is 6.85. The lowest BCUT2D eigenvalue weighted by atomic mass is 9.85. The number of sulfonamides is 1. The van der Waals surface area contributed by atoms with Gasteiger partial charge in [-0.15, -0.1) is 6.58 Å². The van der Waals surface area contributed by atoms with Crippen LogP contribution in [0.15, 0.2) is 96.4 Å². The molecule has 326 valence electrons. The van der Waals surface area contributed by atoms with Gasteiger partial charge in [0.2, 0.25) is 11.8 Å². The molecule has 1 aliphatic heterocycles. The number of likely N-dealkylation sites (tertiary alicyclic amines) is 1. The number of nitrogens with zero attached hydrogens (tertiary/aromatic N) is 2. The van der Waals surface area contributed by atoms with E-state index in [2.05, 4.69) is 21.9 Å². The summed E-state index contributed by atoms with van der Waals surface area (Å²) in [4.78, 5) is 62.7. The molecule has 0 saturated carbocycles. The van der Waals surface area contributed by atoms with Crippen molar-refractivity contribution in [2.24, 2.45) is 5.41 Å². The molecule has 2 heterocycles. The maximum atomic E-state index is 14.8. The van der Waals surface area contributed by atoms with Gasteiger partial charge in [-0.3, -0.25) is 14.4 Å². The molecule has 1 fully saturated rings. The SMILES string of the molecule is C=CCC[C@](C)(NC(=O)[C@@H]1C[C@@H](Oc2cc(-c3ccccc3)nc3cc(OC)ccc23)CN1C(=O)[C@@H](NC(=O)OC(C)(C)C)C(C)(C)C)C(=O)NS(=O)(=O)c1ccc(C)cc1. The molecular weight excluding hydrogens is 799 g/mol. The zero-order chi connectivity index (χ0) is 44.9. The number of aromatic nitrogens is 1. The van der Waals surface area contributed by atoms with Crippen molar-refractivity contribution < 1.29 is 41.8 Å². The number of fused-ring (bicyclic) bond motifs is 1. The number of hydrogen-bond acceptors (Lipinski definition) is 10. The van der Waals surface area contributed by atoms with Crippen LogP contribution in [0.25, 0.3) is 22.2 Å². The van der Waals surface area contributed by atoms with E-state index in [0.29, 0.717) is 28.1 Å². The van der Waals surface area contributed by atoms with Crippen LogP contribution in [0.2, 0.25) is 0 Å². The molecule has 3 aromatic carbocycles. The number of allylic oxidation sites excluding steroid dienone is 1. The largest absolute Gasteiger partial charge is 0.497 e. The summed E-state index contributed by atoms with van der Waals surface area (Å²) in [7, 11) is -2.77. The molecule has 0 spiro atoms. The highest BCUT2D eigenvalue weighted by Gasteiger charge is 2.48. The van der Waals surface area contributed by atoms with E-state index in [1.165, 1.54) is 24.0 Å². The van der Waals surface area contributed by atoms with Gasteiger partial charge >= 0.3 is 6.09 Å². The number of hydrogen-bond donors (Lipinski definition) is 3. The van der Waals surface area contributed by atoms with Crippen molar-refractivity contribution in [2.45, 2.75) is 109 Å². The minimum atomic E-state index is -4.33. The van der Waals surface area contributed by atoms with Crippen LogP contribution in [0.1, 0.15) is 73.3 Å². The van der Waals surface area contributed by atoms with E-state index in [0.717, 1.165) is 11.1 Å². The minimum absolute atomic E-state index is 0.0162. The summed E-state index contributed by atoms with van der Waals surface area (Å²) in [6.45, 7) is 17.3. The van der Waals surface area contributed by atoms with Crippen LogP contribution < -0.4 is 24.8 Å². The van der Waals surface area contributed by atoms with Gasteiger partial charge in [-0.2, -0.15) is 0 Å². The third-order valence-electron chi connectivity index (χ3n) is 10.3. The van der Waals surface area contributed by atoms with Crippen molar-refractivity contribution in [3.8, 4) is 22.8 Å². The topological polar surface area (TPSA) is 182 Å². The highest BCUT2D eigenvalue weighted by atomic mass is 32.2. The molecule has 4 atom stereocenters. The van der Waals surface area contributed by atoms with Crippen LogP contribution in [-0.4, -0.2) is 85.1 Å². The predicted molar refractivity (Wildman–Crippen MR) is 233 cm³/mol. The van der Waals surface area contributed by atoms with Crippen LogP contribution >= 0.6 is 0 Å². The molecule has 1 aliphatic rings. The Hall–Kier alpha value is -5.96. The molecule has 4 aromatic rings. The van der Waals surface area contributed by atoms with Gasteiger partial charge in [-0.25, -0.2) is 22.9 Å². The lowest BCUT2D eigenvalue weighted by Crippen LogP contribution is -2.62. The van der Waals surface area contributed by atoms with E-state index in [-0.39, 0.29) is 30.7 Å². The number of amides is 4. The van der Waals surface area contributed by atoms with Crippen molar-refractivity contribution in [1.82, 2.24) is 25.2 Å². The molecular formula is C46H57N5O9S. The summed E-state index contributed by atoms with van der Waals surface area (Å²) in [5.74, 6) is -1.25. The molecule has 0 aliphatic carbocycles. The van der Waals surface area contributed by atoms with Gasteiger partial charge in [0, 0.05) is 29.5 Å². The van der Waals surface area contributed by atoms with E-state index in [1.807, 2.05) is 36.4 Å². The van der Waals surface area contributed by atoms with Crippen molar-refractivity contribution in [3.05, 3.63) is 97.1 Å². The van der Waals surface area contributed by atoms with E-state index in [4.69, 9.17) is 19.2 Å². The number of alkyl carbamates (subject to hydrolysis) is 1. The van der Waals surface area contributed by atoms with E-state index >= 15 is 0 Å². The second kappa shape index (κ2) is 18.3. The van der Waals surface area contributed by atoms with Gasteiger partial charge in [0.15, 0.2) is 0 Å². The summed E-state index contributed by atoms with van der Waals surface area (Å²) in [5.41, 5.74) is -0.619. The van der Waals surface area contributed by atoms with E-state index < -0.39 is 68.6 Å². The smallest absolute Gasteiger partial charge is 0.408 e. The fraction of sp³-hybridized carbons (Fsp3) is 0.413. The lowest BCUT2D eigenvalue weighted by Gasteiger charge is -2.36. The Balaban J connectivity index is 1.53. The molecule has 14 nitrogen and oxygen atoms in total. The first-order valence-corrected chi connectivity index (χ1v) is 21.6. The summed E-state index contributed by atoms with van der Waals surface area (Å²) in [6.07, 6.45) is 0.164. The third-order valence-corrected chi connectivity index (χ3v) is 11.6. The Labute approximate surface area is 358 Å². The first-order valence-electron chi connectivity index (χ1n) is 20.1. The number of pyridine rings is 1. The molecule has 5 rings (SSSR count). The molecule has 0 bridgehead atoms. The lowest BCUT2D eigenvalue weighted by molar-refractivity contribution is -0.143. The molecule has 3 N–H and O–H groups in total. The maximum absolute atomic E-state index is 14.8. The van der Waals surface area contributed by atoms with Crippen LogP contribution in [-0.2, 0) is 29.1 Å². The van der Waals surface area contributed by atoms with Gasteiger partial charge in [0.05, 0.1) is 29.8 Å². The third kappa shape index (κ3) is 11.5. The van der Waals surface area contributed by atoms with Crippen molar-refractivity contribution in [2.75, 3.05) is 13.7 Å². The van der Waals surface area contributed by atoms with Crippen molar-refractivity contribution in [3.63, 3.8) is 0 Å². The Morgan fingerprint density at radius 2 is 1.62 bits per heavy atom. The number of carbonyl (C=O) groups excluding carboxylic acids is 4. The summed E-state index contributed by atoms with van der Waals surface area (Å²) >= 11 is 0. The summed E-state index contributed by atoms with van der Waals surface area (Å²) in [5, 5.41) is 6.18. The standard InChI is InChI=1S/C46H57N5O9S/c1-11-12-24-46(9,42(54)50-61(56,57)33-21-18-29(2)19-22-33)49-40(52)37-26-32(28-51(37)41(53)39(44(3,4)5)48-43(55)60-45(6,7)8)59-38-27-35(30-16-14-13-15-17-30)47-36-25-31(58-10)20-23-34(36)38/h11,13-23,25,27,32,37,39H,1,12,24,26,28H2,2-10H3,(H,48,55)(H,49,52)(H,50,54)/t32-,37+,39-,46+/m1/s1. The fourth-order valence-electron chi connectivity index (χ4n) is 6.94. The zero-order valence-electron chi connectivity index (χ0n) is 36.3. The number of carbonyl (C=O) groups is 4. The summed E-state index contributed by atoms with van der Waals surface area (Å²) in [6, 6.07) is 20.3. The first kappa shape index (κ1) is 46.1. The average molecular weight is 856 g/mol. The van der Waals surface area contributed by atoms with Gasteiger partial charge in [0.1, 0.15) is 40.8 Å². The molecule has 0 unspecified atom stereocenters. The Kier molecular flexibility index (Phi) is 13.9. The second-order valence-electron chi connectivity index (χ2n) is 17.6. The van der Waals surface area contributed by atoms with Gasteiger partial charge < -0.3 is 29.7 Å². The Morgan fingerprint density at radius 1 is 0.951 bits per heavy atom. The normalized spacial score (nSPS) is 17.1. The number of benzene rings is 3. The quantitative estimate of drug-likeness (QED) is 0.114. The van der Waals surface area contributed by atoms with Crippen LogP contribution in [0.3, 0.4) is 0 Å². The average Bonchev–Trinajstić information content (AvgIpc) is 3.62. The minimum Gasteiger partial charge on any atom is -0.497 e. The molecule has 15 heteroatoms. The zero-order valence-corrected chi connectivity index (χ0v) is 37.1. The Bertz CT molecular complexity index is 2370. The van der Waals surface area contributed by atoms with E-state index in [9.17, 15) is 27.6 Å². The molecule has 1 aromatic heterocycles. The summed E-state index contributed by atoms with van der Waals surface area (Å²) < 4.78 is 46.6. The fourth-order valence-corrected chi connectivity index (χ4v) is 8.02. The second-order valence-corrected chi connectivity index (χ2v) is 19.3. The van der Waals surface area contributed by atoms with Gasteiger partial charge in [-0.05, 0) is 77.1 Å². The van der Waals surface area contributed by atoms with Crippen molar-refractivity contribution in [1.29, 1.82) is 0 Å². The highest BCUT2D eigenvalue weighted by molar-refractivity contribution is 7.90.